The number of rotatable bonds is 2. The van der Waals surface area contributed by atoms with Crippen LogP contribution in [0.4, 0.5) is 5.69 Å². The van der Waals surface area contributed by atoms with Gasteiger partial charge in [0, 0.05) is 32.9 Å². The molecule has 1 saturated heterocycles. The standard InChI is InChI=1S/C12H21N5O/c1-15-6-4-5-9(7-15)17(3)12(18)11-10(13)8-16(2)14-11/h8-9H,4-7,13H2,1-3H3. The highest BCUT2D eigenvalue weighted by Crippen LogP contribution is 2.17. The number of aromatic nitrogens is 2. The highest BCUT2D eigenvalue weighted by Gasteiger charge is 2.27. The van der Waals surface area contributed by atoms with Crippen LogP contribution < -0.4 is 5.73 Å². The molecule has 6 heteroatoms. The molecule has 2 N–H and O–H groups in total. The molecular weight excluding hydrogens is 230 g/mol. The van der Waals surface area contributed by atoms with Gasteiger partial charge in [-0.1, -0.05) is 0 Å². The van der Waals surface area contributed by atoms with Crippen molar-refractivity contribution in [3.8, 4) is 0 Å². The Bertz CT molecular complexity index is 442. The van der Waals surface area contributed by atoms with E-state index in [0.717, 1.165) is 25.9 Å². The van der Waals surface area contributed by atoms with Crippen molar-refractivity contribution < 1.29 is 4.79 Å². The monoisotopic (exact) mass is 251 g/mol. The molecule has 2 heterocycles. The second-order valence-electron chi connectivity index (χ2n) is 5.08. The molecule has 6 nitrogen and oxygen atoms in total. The average Bonchev–Trinajstić information content (AvgIpc) is 2.66. The number of anilines is 1. The number of carbonyl (C=O) groups is 1. The molecular formula is C12H21N5O. The zero-order valence-electron chi connectivity index (χ0n) is 11.3. The van der Waals surface area contributed by atoms with Crippen LogP contribution in [0.25, 0.3) is 0 Å². The molecule has 1 aliphatic rings. The Kier molecular flexibility index (Phi) is 3.56. The second-order valence-corrected chi connectivity index (χ2v) is 5.08. The molecule has 18 heavy (non-hydrogen) atoms. The number of hydrogen-bond acceptors (Lipinski definition) is 4. The first kappa shape index (κ1) is 12.9. The van der Waals surface area contributed by atoms with E-state index < -0.39 is 0 Å². The van der Waals surface area contributed by atoms with Gasteiger partial charge in [-0.25, -0.2) is 0 Å². The zero-order chi connectivity index (χ0) is 13.3. The first-order valence-corrected chi connectivity index (χ1v) is 6.24. The molecule has 0 saturated carbocycles. The Hall–Kier alpha value is -1.56. The molecule has 0 aliphatic carbocycles. The normalized spacial score (nSPS) is 20.9. The number of likely N-dealkylation sites (tertiary alicyclic amines) is 1. The third-order valence-corrected chi connectivity index (χ3v) is 3.53. The lowest BCUT2D eigenvalue weighted by atomic mass is 10.0. The maximum Gasteiger partial charge on any atom is 0.276 e. The van der Waals surface area contributed by atoms with Gasteiger partial charge in [0.15, 0.2) is 5.69 Å². The number of likely N-dealkylation sites (N-methyl/N-ethyl adjacent to an activating group) is 2. The molecule has 1 unspecified atom stereocenters. The van der Waals surface area contributed by atoms with Gasteiger partial charge in [-0.15, -0.1) is 0 Å². The number of nitrogens with zero attached hydrogens (tertiary/aromatic N) is 4. The summed E-state index contributed by atoms with van der Waals surface area (Å²) in [5.41, 5.74) is 6.59. The molecule has 1 amide bonds. The number of hydrogen-bond donors (Lipinski definition) is 1. The summed E-state index contributed by atoms with van der Waals surface area (Å²) in [5.74, 6) is -0.0894. The molecule has 1 fully saturated rings. The van der Waals surface area contributed by atoms with E-state index in [2.05, 4.69) is 17.0 Å². The summed E-state index contributed by atoms with van der Waals surface area (Å²) in [6, 6.07) is 0.248. The summed E-state index contributed by atoms with van der Waals surface area (Å²) < 4.78 is 1.57. The Morgan fingerprint density at radius 1 is 1.56 bits per heavy atom. The van der Waals surface area contributed by atoms with E-state index >= 15 is 0 Å². The predicted octanol–water partition coefficient (Wildman–Crippen LogP) is 0.169. The average molecular weight is 251 g/mol. The van der Waals surface area contributed by atoms with Gasteiger partial charge >= 0.3 is 0 Å². The first-order valence-electron chi connectivity index (χ1n) is 6.24. The van der Waals surface area contributed by atoms with Crippen molar-refractivity contribution in [3.63, 3.8) is 0 Å². The summed E-state index contributed by atoms with van der Waals surface area (Å²) >= 11 is 0. The summed E-state index contributed by atoms with van der Waals surface area (Å²) in [7, 11) is 5.68. The van der Waals surface area contributed by atoms with E-state index in [-0.39, 0.29) is 11.9 Å². The van der Waals surface area contributed by atoms with Gasteiger partial charge in [0.25, 0.3) is 5.91 Å². The van der Waals surface area contributed by atoms with Gasteiger partial charge in [0.05, 0.1) is 5.69 Å². The number of aryl methyl sites for hydroxylation is 1. The van der Waals surface area contributed by atoms with Gasteiger partial charge in [-0.3, -0.25) is 9.48 Å². The second kappa shape index (κ2) is 4.97. The van der Waals surface area contributed by atoms with Crippen molar-refractivity contribution in [1.29, 1.82) is 0 Å². The van der Waals surface area contributed by atoms with Gasteiger partial charge in [0.2, 0.25) is 0 Å². The van der Waals surface area contributed by atoms with Crippen molar-refractivity contribution in [2.45, 2.75) is 18.9 Å². The van der Waals surface area contributed by atoms with Crippen LogP contribution in [0.5, 0.6) is 0 Å². The third-order valence-electron chi connectivity index (χ3n) is 3.53. The fraction of sp³-hybridized carbons (Fsp3) is 0.667. The SMILES string of the molecule is CN1CCCC(N(C)C(=O)c2nn(C)cc2N)C1. The Morgan fingerprint density at radius 2 is 2.28 bits per heavy atom. The van der Waals surface area contributed by atoms with Crippen LogP contribution in [0, 0.1) is 0 Å². The zero-order valence-corrected chi connectivity index (χ0v) is 11.3. The summed E-state index contributed by atoms with van der Waals surface area (Å²) in [6.07, 6.45) is 3.82. The highest BCUT2D eigenvalue weighted by atomic mass is 16.2. The lowest BCUT2D eigenvalue weighted by molar-refractivity contribution is 0.0638. The van der Waals surface area contributed by atoms with E-state index in [1.165, 1.54) is 0 Å². The minimum Gasteiger partial charge on any atom is -0.396 e. The first-order chi connectivity index (χ1) is 8.49. The van der Waals surface area contributed by atoms with E-state index in [0.29, 0.717) is 11.4 Å². The smallest absolute Gasteiger partial charge is 0.276 e. The molecule has 100 valence electrons. The predicted molar refractivity (Wildman–Crippen MR) is 70.2 cm³/mol. The Balaban J connectivity index is 2.11. The van der Waals surface area contributed by atoms with Crippen molar-refractivity contribution in [1.82, 2.24) is 19.6 Å². The minimum absolute atomic E-state index is 0.0894. The lowest BCUT2D eigenvalue weighted by Crippen LogP contribution is -2.47. The summed E-state index contributed by atoms with van der Waals surface area (Å²) in [5, 5.41) is 4.13. The summed E-state index contributed by atoms with van der Waals surface area (Å²) in [6.45, 7) is 2.01. The van der Waals surface area contributed by atoms with Crippen molar-refractivity contribution in [3.05, 3.63) is 11.9 Å². The van der Waals surface area contributed by atoms with Crippen LogP contribution in [0.2, 0.25) is 0 Å². The van der Waals surface area contributed by atoms with Crippen molar-refractivity contribution in [2.24, 2.45) is 7.05 Å². The van der Waals surface area contributed by atoms with Crippen LogP contribution in [0.3, 0.4) is 0 Å². The lowest BCUT2D eigenvalue weighted by Gasteiger charge is -2.35. The number of amides is 1. The maximum absolute atomic E-state index is 12.3. The van der Waals surface area contributed by atoms with E-state index in [9.17, 15) is 4.79 Å². The van der Waals surface area contributed by atoms with Crippen molar-refractivity contribution >= 4 is 11.6 Å². The largest absolute Gasteiger partial charge is 0.396 e. The van der Waals surface area contributed by atoms with E-state index in [1.807, 2.05) is 7.05 Å². The van der Waals surface area contributed by atoms with Gasteiger partial charge < -0.3 is 15.5 Å². The van der Waals surface area contributed by atoms with Crippen LogP contribution in [-0.2, 0) is 7.05 Å². The van der Waals surface area contributed by atoms with E-state index in [1.54, 1.807) is 22.8 Å². The summed E-state index contributed by atoms with van der Waals surface area (Å²) in [4.78, 5) is 16.4. The van der Waals surface area contributed by atoms with Crippen molar-refractivity contribution in [2.75, 3.05) is 32.9 Å². The third kappa shape index (κ3) is 2.48. The fourth-order valence-electron chi connectivity index (χ4n) is 2.46. The maximum atomic E-state index is 12.3. The molecule has 0 radical (unpaired) electrons. The van der Waals surface area contributed by atoms with E-state index in [4.69, 9.17) is 5.73 Å². The number of nitrogens with two attached hydrogens (primary N) is 1. The number of carbonyl (C=O) groups excluding carboxylic acids is 1. The molecule has 0 aromatic carbocycles. The number of piperidine rings is 1. The molecule has 2 rings (SSSR count). The molecule has 1 aromatic heterocycles. The molecule has 1 aliphatic heterocycles. The Labute approximate surface area is 107 Å². The number of nitrogen functional groups attached to an aromatic ring is 1. The van der Waals surface area contributed by atoms with Gasteiger partial charge in [-0.2, -0.15) is 5.10 Å². The highest BCUT2D eigenvalue weighted by molar-refractivity contribution is 5.97. The fourth-order valence-corrected chi connectivity index (χ4v) is 2.46. The van der Waals surface area contributed by atoms with Crippen LogP contribution in [0.15, 0.2) is 6.20 Å². The Morgan fingerprint density at radius 3 is 2.83 bits per heavy atom. The molecule has 0 bridgehead atoms. The van der Waals surface area contributed by atoms with Crippen LogP contribution in [-0.4, -0.2) is 58.7 Å². The molecule has 1 atom stereocenters. The molecule has 1 aromatic rings. The van der Waals surface area contributed by atoms with Gasteiger partial charge in [-0.05, 0) is 26.4 Å². The van der Waals surface area contributed by atoms with Crippen LogP contribution in [0.1, 0.15) is 23.3 Å². The quantitative estimate of drug-likeness (QED) is 0.813. The molecule has 0 spiro atoms. The topological polar surface area (TPSA) is 67.4 Å². The minimum atomic E-state index is -0.0894. The van der Waals surface area contributed by atoms with Crippen LogP contribution >= 0.6 is 0 Å². The van der Waals surface area contributed by atoms with Gasteiger partial charge in [0.1, 0.15) is 0 Å².